The molecule has 30 heavy (non-hydrogen) atoms. The molecule has 0 aromatic heterocycles. The van der Waals surface area contributed by atoms with Gasteiger partial charge < -0.3 is 12.7 Å². The van der Waals surface area contributed by atoms with Crippen molar-refractivity contribution in [2.24, 2.45) is 0 Å². The molecule has 0 aliphatic carbocycles. The van der Waals surface area contributed by atoms with Gasteiger partial charge in [0.05, 0.1) is 0 Å². The molecule has 0 bridgehead atoms. The number of hydrogen-bond donors (Lipinski definition) is 1. The first-order valence-electron chi connectivity index (χ1n) is 12.4. The summed E-state index contributed by atoms with van der Waals surface area (Å²) in [6.45, 7) is 6.47. The van der Waals surface area contributed by atoms with Crippen LogP contribution < -0.4 is 0 Å². The Bertz CT molecular complexity index is 403. The van der Waals surface area contributed by atoms with Crippen LogP contribution in [-0.2, 0) is 14.3 Å². The normalized spacial score (nSPS) is 11.2. The van der Waals surface area contributed by atoms with Gasteiger partial charge in [-0.2, -0.15) is 0 Å². The third-order valence-corrected chi connectivity index (χ3v) is 5.77. The molecule has 0 aliphatic heterocycles. The molecule has 0 fully saturated rings. The van der Waals surface area contributed by atoms with Crippen LogP contribution in [0.15, 0.2) is 0 Å². The third-order valence-electron chi connectivity index (χ3n) is 5.77. The molecule has 0 radical (unpaired) electrons. The second kappa shape index (κ2) is 21.9. The summed E-state index contributed by atoms with van der Waals surface area (Å²) in [5.41, 5.74) is -0.517. The van der Waals surface area contributed by atoms with E-state index in [4.69, 9.17) is 9.84 Å². The van der Waals surface area contributed by atoms with Crippen molar-refractivity contribution in [2.45, 2.75) is 148 Å². The molecular weight excluding hydrogens is 389 g/mol. The Hall–Kier alpha value is -0.294. The van der Waals surface area contributed by atoms with E-state index in [9.17, 15) is 9.59 Å². The van der Waals surface area contributed by atoms with E-state index >= 15 is 0 Å². The van der Waals surface area contributed by atoms with Gasteiger partial charge in [-0.25, -0.2) is 0 Å². The molecule has 5 heteroatoms. The van der Waals surface area contributed by atoms with Gasteiger partial charge in [0.15, 0.2) is 0 Å². The number of unbranched alkanes of at least 4 members (excludes halogenated alkanes) is 14. The van der Waals surface area contributed by atoms with Crippen molar-refractivity contribution in [3.8, 4) is 0 Å². The van der Waals surface area contributed by atoms with Crippen molar-refractivity contribution < 1.29 is 22.3 Å². The summed E-state index contributed by atoms with van der Waals surface area (Å²) < 4.78 is 5.65. The number of carboxylic acids is 1. The molecule has 0 unspecified atom stereocenters. The molecule has 0 saturated heterocycles. The standard InChI is InChI=1S/C25H48O4.Mg.2H/c1-4-6-8-10-12-14-16-18-20-25(3,29-24(28)22-23(26)27)21-19-17-15-13-11-9-7-5-2;;;/h4-22H2,1-3H3,(H,26,27);;;/q;+2;2*-1. The van der Waals surface area contributed by atoms with Crippen LogP contribution in [0.4, 0.5) is 0 Å². The molecule has 176 valence electrons. The number of ether oxygens (including phenoxy) is 1. The van der Waals surface area contributed by atoms with Crippen molar-refractivity contribution in [1.29, 1.82) is 0 Å². The summed E-state index contributed by atoms with van der Waals surface area (Å²) in [6, 6.07) is 0. The molecule has 0 saturated carbocycles. The van der Waals surface area contributed by atoms with Crippen LogP contribution in [0, 0.1) is 0 Å². The molecule has 0 amide bonds. The Morgan fingerprint density at radius 3 is 1.37 bits per heavy atom. The van der Waals surface area contributed by atoms with Gasteiger partial charge in [0.2, 0.25) is 0 Å². The summed E-state index contributed by atoms with van der Waals surface area (Å²) in [5.74, 6) is -1.71. The zero-order valence-corrected chi connectivity index (χ0v) is 21.7. The second-order valence-electron chi connectivity index (χ2n) is 8.94. The van der Waals surface area contributed by atoms with Gasteiger partial charge in [0.1, 0.15) is 12.0 Å². The zero-order chi connectivity index (χ0) is 21.8. The molecular formula is C25H50MgO4. The van der Waals surface area contributed by atoms with Gasteiger partial charge in [-0.3, -0.25) is 9.59 Å². The third kappa shape index (κ3) is 21.0. The number of esters is 1. The van der Waals surface area contributed by atoms with Gasteiger partial charge >= 0.3 is 35.0 Å². The van der Waals surface area contributed by atoms with E-state index in [0.29, 0.717) is 0 Å². The van der Waals surface area contributed by atoms with E-state index in [2.05, 4.69) is 13.8 Å². The number of carboxylic acid groups (broad SMARTS) is 1. The number of aliphatic carboxylic acids is 1. The Morgan fingerprint density at radius 2 is 1.03 bits per heavy atom. The van der Waals surface area contributed by atoms with Gasteiger partial charge in [-0.05, 0) is 32.6 Å². The Balaban J connectivity index is -0.00000131. The second-order valence-corrected chi connectivity index (χ2v) is 8.94. The van der Waals surface area contributed by atoms with Crippen LogP contribution in [0.2, 0.25) is 0 Å². The van der Waals surface area contributed by atoms with Gasteiger partial charge in [0.25, 0.3) is 0 Å². The van der Waals surface area contributed by atoms with Crippen molar-refractivity contribution >= 4 is 35.0 Å². The monoisotopic (exact) mass is 438 g/mol. The van der Waals surface area contributed by atoms with E-state index in [1.807, 2.05) is 6.92 Å². The zero-order valence-electron chi connectivity index (χ0n) is 22.3. The van der Waals surface area contributed by atoms with E-state index in [-0.39, 0.29) is 25.9 Å². The molecule has 0 spiro atoms. The first-order chi connectivity index (χ1) is 13.9. The summed E-state index contributed by atoms with van der Waals surface area (Å²) in [7, 11) is 0. The number of carbonyl (C=O) groups is 2. The minimum absolute atomic E-state index is 0. The van der Waals surface area contributed by atoms with Crippen LogP contribution in [0.1, 0.15) is 146 Å². The quantitative estimate of drug-likeness (QED) is 0.0863. The van der Waals surface area contributed by atoms with E-state index < -0.39 is 24.0 Å². The molecule has 0 heterocycles. The summed E-state index contributed by atoms with van der Waals surface area (Å²) >= 11 is 0. The largest absolute Gasteiger partial charge is 2.00 e. The van der Waals surface area contributed by atoms with Gasteiger partial charge in [0, 0.05) is 0 Å². The van der Waals surface area contributed by atoms with Crippen LogP contribution in [0.5, 0.6) is 0 Å². The SMILES string of the molecule is CCCCCCCCCCC(C)(CCCCCCCCCC)OC(=O)CC(=O)O.[H-].[H-].[Mg+2]. The average Bonchev–Trinajstić information content (AvgIpc) is 2.65. The van der Waals surface area contributed by atoms with Crippen LogP contribution in [0.3, 0.4) is 0 Å². The summed E-state index contributed by atoms with van der Waals surface area (Å²) in [6.07, 6.45) is 21.1. The fraction of sp³-hybridized carbons (Fsp3) is 0.920. The number of hydrogen-bond acceptors (Lipinski definition) is 3. The fourth-order valence-electron chi connectivity index (χ4n) is 3.93. The molecule has 0 aromatic rings. The predicted molar refractivity (Wildman–Crippen MR) is 129 cm³/mol. The molecule has 4 nitrogen and oxygen atoms in total. The molecule has 1 N–H and O–H groups in total. The van der Waals surface area contributed by atoms with E-state index in [0.717, 1.165) is 38.5 Å². The predicted octanol–water partition coefficient (Wildman–Crippen LogP) is 7.67. The summed E-state index contributed by atoms with van der Waals surface area (Å²) in [5, 5.41) is 8.85. The van der Waals surface area contributed by atoms with Gasteiger partial charge in [-0.1, -0.05) is 104 Å². The summed E-state index contributed by atoms with van der Waals surface area (Å²) in [4.78, 5) is 22.7. The number of carbonyl (C=O) groups excluding carboxylic acids is 1. The van der Waals surface area contributed by atoms with E-state index in [1.165, 1.54) is 77.0 Å². The van der Waals surface area contributed by atoms with Crippen LogP contribution in [0.25, 0.3) is 0 Å². The van der Waals surface area contributed by atoms with Crippen molar-refractivity contribution in [2.75, 3.05) is 0 Å². The fourth-order valence-corrected chi connectivity index (χ4v) is 3.93. The van der Waals surface area contributed by atoms with Gasteiger partial charge in [-0.15, -0.1) is 0 Å². The first-order valence-corrected chi connectivity index (χ1v) is 12.4. The van der Waals surface area contributed by atoms with Crippen molar-refractivity contribution in [3.63, 3.8) is 0 Å². The maximum absolute atomic E-state index is 11.9. The molecule has 0 aromatic carbocycles. The topological polar surface area (TPSA) is 63.6 Å². The van der Waals surface area contributed by atoms with Crippen LogP contribution in [-0.4, -0.2) is 45.7 Å². The Labute approximate surface area is 205 Å². The molecule has 0 aliphatic rings. The van der Waals surface area contributed by atoms with Crippen molar-refractivity contribution in [1.82, 2.24) is 0 Å². The smallest absolute Gasteiger partial charge is 1.00 e. The van der Waals surface area contributed by atoms with E-state index in [1.54, 1.807) is 0 Å². The maximum atomic E-state index is 11.9. The maximum Gasteiger partial charge on any atom is 2.00 e. The minimum atomic E-state index is -1.11. The van der Waals surface area contributed by atoms with Crippen molar-refractivity contribution in [3.05, 3.63) is 0 Å². The Morgan fingerprint density at radius 1 is 0.700 bits per heavy atom. The average molecular weight is 439 g/mol. The minimum Gasteiger partial charge on any atom is -1.00 e. The van der Waals surface area contributed by atoms with Crippen LogP contribution >= 0.6 is 0 Å². The first kappa shape index (κ1) is 31.9. The number of rotatable bonds is 21. The molecule has 0 rings (SSSR count). The molecule has 0 atom stereocenters. The Kier molecular flexibility index (Phi) is 23.3.